The first kappa shape index (κ1) is 23.9. The van der Waals surface area contributed by atoms with E-state index in [-0.39, 0.29) is 30.3 Å². The van der Waals surface area contributed by atoms with Crippen molar-refractivity contribution in [3.8, 4) is 0 Å². The molecule has 0 spiro atoms. The van der Waals surface area contributed by atoms with Gasteiger partial charge in [-0.05, 0) is 7.05 Å². The van der Waals surface area contributed by atoms with E-state index in [4.69, 9.17) is 18.9 Å². The lowest BCUT2D eigenvalue weighted by Gasteiger charge is -2.16. The summed E-state index contributed by atoms with van der Waals surface area (Å²) in [6.45, 7) is 9.48. The molecular weight excluding hydrogens is 328 g/mol. The molecule has 2 N–H and O–H groups in total. The lowest BCUT2D eigenvalue weighted by Crippen LogP contribution is -2.31. The van der Waals surface area contributed by atoms with Gasteiger partial charge in [0.2, 0.25) is 5.91 Å². The molecule has 0 saturated heterocycles. The van der Waals surface area contributed by atoms with E-state index in [1.54, 1.807) is 0 Å². The van der Waals surface area contributed by atoms with Crippen LogP contribution in [-0.4, -0.2) is 84.7 Å². The van der Waals surface area contributed by atoms with Crippen molar-refractivity contribution < 1.29 is 28.5 Å². The molecule has 0 aromatic carbocycles. The number of ketones is 1. The first-order valence-corrected chi connectivity index (χ1v) is 8.63. The molecule has 8 nitrogen and oxygen atoms in total. The quantitative estimate of drug-likeness (QED) is 0.373. The minimum atomic E-state index is -0.383. The molecule has 148 valence electrons. The topological polar surface area (TPSA) is 95.1 Å². The molecule has 0 aliphatic rings. The predicted molar refractivity (Wildman–Crippen MR) is 94.7 cm³/mol. The van der Waals surface area contributed by atoms with Crippen LogP contribution >= 0.6 is 0 Å². The maximum Gasteiger partial charge on any atom is 0.246 e. The molecule has 25 heavy (non-hydrogen) atoms. The lowest BCUT2D eigenvalue weighted by molar-refractivity contribution is -0.131. The molecule has 0 aliphatic heterocycles. The van der Waals surface area contributed by atoms with Crippen molar-refractivity contribution >= 4 is 11.7 Å². The van der Waals surface area contributed by atoms with Crippen molar-refractivity contribution in [1.82, 2.24) is 10.6 Å². The number of nitrogens with one attached hydrogen (secondary N) is 2. The number of rotatable bonds is 16. The predicted octanol–water partition coefficient (Wildman–Crippen LogP) is 0.00360. The summed E-state index contributed by atoms with van der Waals surface area (Å²) in [6.07, 6.45) is 0. The van der Waals surface area contributed by atoms with Gasteiger partial charge in [-0.1, -0.05) is 20.8 Å². The fraction of sp³-hybridized carbons (Fsp3) is 0.882. The van der Waals surface area contributed by atoms with Crippen molar-refractivity contribution in [1.29, 1.82) is 0 Å². The molecular formula is C17H34N2O6. The Bertz CT molecular complexity index is 358. The van der Waals surface area contributed by atoms with E-state index in [0.29, 0.717) is 46.2 Å². The number of hydrogen-bond acceptors (Lipinski definition) is 7. The number of amides is 1. The standard InChI is InChI=1S/C17H34N2O6/c1-17(2,3)15(20)13-24-11-9-23-8-6-19-16(21)14-25-12-10-22-7-5-18-4/h18H,5-14H2,1-4H3,(H,19,21). The molecule has 0 aromatic heterocycles. The SMILES string of the molecule is CNCCOCCOCC(=O)NCCOCCOCC(=O)C(C)(C)C. The third-order valence-electron chi connectivity index (χ3n) is 3.11. The molecule has 0 heterocycles. The highest BCUT2D eigenvalue weighted by molar-refractivity contribution is 5.84. The lowest BCUT2D eigenvalue weighted by atomic mass is 9.91. The average Bonchev–Trinajstić information content (AvgIpc) is 2.55. The zero-order valence-corrected chi connectivity index (χ0v) is 16.0. The van der Waals surface area contributed by atoms with E-state index < -0.39 is 0 Å². The van der Waals surface area contributed by atoms with Crippen LogP contribution in [0.15, 0.2) is 0 Å². The smallest absolute Gasteiger partial charge is 0.246 e. The summed E-state index contributed by atoms with van der Waals surface area (Å²) in [5.41, 5.74) is -0.383. The van der Waals surface area contributed by atoms with Gasteiger partial charge in [0.05, 0.1) is 39.6 Å². The highest BCUT2D eigenvalue weighted by atomic mass is 16.5. The zero-order chi connectivity index (χ0) is 19.0. The molecule has 0 radical (unpaired) electrons. The number of hydrogen-bond donors (Lipinski definition) is 2. The van der Waals surface area contributed by atoms with Crippen LogP contribution in [-0.2, 0) is 28.5 Å². The van der Waals surface area contributed by atoms with Crippen LogP contribution in [0.3, 0.4) is 0 Å². The number of carbonyl (C=O) groups excluding carboxylic acids is 2. The minimum Gasteiger partial charge on any atom is -0.378 e. The Morgan fingerprint density at radius 3 is 1.84 bits per heavy atom. The average molecular weight is 362 g/mol. The summed E-state index contributed by atoms with van der Waals surface area (Å²) in [6, 6.07) is 0. The van der Waals surface area contributed by atoms with Crippen LogP contribution in [0.4, 0.5) is 0 Å². The molecule has 1 amide bonds. The second kappa shape index (κ2) is 15.2. The van der Waals surface area contributed by atoms with E-state index in [1.165, 1.54) is 0 Å². The van der Waals surface area contributed by atoms with Gasteiger partial charge in [0.1, 0.15) is 13.2 Å². The molecule has 0 saturated carbocycles. The van der Waals surface area contributed by atoms with Crippen molar-refractivity contribution in [2.24, 2.45) is 5.41 Å². The van der Waals surface area contributed by atoms with Gasteiger partial charge in [-0.2, -0.15) is 0 Å². The Morgan fingerprint density at radius 1 is 0.760 bits per heavy atom. The van der Waals surface area contributed by atoms with Crippen molar-refractivity contribution in [3.63, 3.8) is 0 Å². The monoisotopic (exact) mass is 362 g/mol. The fourth-order valence-electron chi connectivity index (χ4n) is 1.47. The Kier molecular flexibility index (Phi) is 14.6. The highest BCUT2D eigenvalue weighted by Gasteiger charge is 2.20. The summed E-state index contributed by atoms with van der Waals surface area (Å²) < 4.78 is 21.0. The first-order chi connectivity index (χ1) is 11.9. The summed E-state index contributed by atoms with van der Waals surface area (Å²) in [4.78, 5) is 23.1. The van der Waals surface area contributed by atoms with Gasteiger partial charge in [0, 0.05) is 18.5 Å². The van der Waals surface area contributed by atoms with Gasteiger partial charge >= 0.3 is 0 Å². The van der Waals surface area contributed by atoms with Crippen LogP contribution in [0, 0.1) is 5.41 Å². The van der Waals surface area contributed by atoms with Crippen LogP contribution in [0.5, 0.6) is 0 Å². The largest absolute Gasteiger partial charge is 0.378 e. The Labute approximate surface area is 150 Å². The fourth-order valence-corrected chi connectivity index (χ4v) is 1.47. The summed E-state index contributed by atoms with van der Waals surface area (Å²) in [5.74, 6) is -0.127. The van der Waals surface area contributed by atoms with Gasteiger partial charge in [0.15, 0.2) is 5.78 Å². The van der Waals surface area contributed by atoms with Crippen LogP contribution < -0.4 is 10.6 Å². The van der Waals surface area contributed by atoms with Gasteiger partial charge < -0.3 is 29.6 Å². The third-order valence-corrected chi connectivity index (χ3v) is 3.11. The molecule has 0 rings (SSSR count). The first-order valence-electron chi connectivity index (χ1n) is 8.63. The van der Waals surface area contributed by atoms with Gasteiger partial charge in [-0.25, -0.2) is 0 Å². The highest BCUT2D eigenvalue weighted by Crippen LogP contribution is 2.14. The second-order valence-electron chi connectivity index (χ2n) is 6.46. The Balaban J connectivity index is 3.31. The van der Waals surface area contributed by atoms with Gasteiger partial charge in [-0.3, -0.25) is 9.59 Å². The van der Waals surface area contributed by atoms with E-state index in [0.717, 1.165) is 6.54 Å². The molecule has 0 aromatic rings. The summed E-state index contributed by atoms with van der Waals surface area (Å²) in [5, 5.41) is 5.66. The molecule has 8 heteroatoms. The van der Waals surface area contributed by atoms with E-state index in [2.05, 4.69) is 10.6 Å². The van der Waals surface area contributed by atoms with Crippen molar-refractivity contribution in [3.05, 3.63) is 0 Å². The molecule has 0 bridgehead atoms. The van der Waals surface area contributed by atoms with E-state index in [9.17, 15) is 9.59 Å². The Morgan fingerprint density at radius 2 is 1.28 bits per heavy atom. The number of likely N-dealkylation sites (N-methyl/N-ethyl adjacent to an activating group) is 1. The van der Waals surface area contributed by atoms with E-state index in [1.807, 2.05) is 27.8 Å². The maximum absolute atomic E-state index is 11.6. The summed E-state index contributed by atoms with van der Waals surface area (Å²) >= 11 is 0. The zero-order valence-electron chi connectivity index (χ0n) is 16.0. The maximum atomic E-state index is 11.6. The van der Waals surface area contributed by atoms with Crippen LogP contribution in [0.1, 0.15) is 20.8 Å². The normalized spacial score (nSPS) is 11.5. The molecule has 0 atom stereocenters. The third kappa shape index (κ3) is 16.2. The van der Waals surface area contributed by atoms with Crippen LogP contribution in [0.2, 0.25) is 0 Å². The van der Waals surface area contributed by atoms with E-state index >= 15 is 0 Å². The Hall–Kier alpha value is -1.06. The molecule has 0 unspecified atom stereocenters. The number of ether oxygens (including phenoxy) is 4. The number of Topliss-reactive ketones (excluding diaryl/α,β-unsaturated/α-hetero) is 1. The minimum absolute atomic E-state index is 0.00735. The van der Waals surface area contributed by atoms with Gasteiger partial charge in [0.25, 0.3) is 0 Å². The van der Waals surface area contributed by atoms with Crippen LogP contribution in [0.25, 0.3) is 0 Å². The molecule has 0 aliphatic carbocycles. The van der Waals surface area contributed by atoms with Crippen molar-refractivity contribution in [2.45, 2.75) is 20.8 Å². The summed E-state index contributed by atoms with van der Waals surface area (Å²) in [7, 11) is 1.86. The molecule has 0 fully saturated rings. The second-order valence-corrected chi connectivity index (χ2v) is 6.46. The number of carbonyl (C=O) groups is 2. The van der Waals surface area contributed by atoms with Gasteiger partial charge in [-0.15, -0.1) is 0 Å². The van der Waals surface area contributed by atoms with Crippen molar-refractivity contribution in [2.75, 3.05) is 73.0 Å².